The lowest BCUT2D eigenvalue weighted by Gasteiger charge is -2.17. The van der Waals surface area contributed by atoms with Crippen LogP contribution < -0.4 is 4.90 Å². The zero-order chi connectivity index (χ0) is 14.4. The van der Waals surface area contributed by atoms with Gasteiger partial charge < -0.3 is 4.90 Å². The zero-order valence-electron chi connectivity index (χ0n) is 11.1. The topological polar surface area (TPSA) is 72.3 Å². The summed E-state index contributed by atoms with van der Waals surface area (Å²) in [5.74, 6) is -0.506. The number of anilines is 1. The van der Waals surface area contributed by atoms with Gasteiger partial charge in [-0.25, -0.2) is 8.42 Å². The number of nitrogens with zero attached hydrogens (tertiary/aromatic N) is 3. The summed E-state index contributed by atoms with van der Waals surface area (Å²) in [4.78, 5) is 13.7. The lowest BCUT2D eigenvalue weighted by atomic mass is 10.1. The lowest BCUT2D eigenvalue weighted by Crippen LogP contribution is -2.26. The third-order valence-corrected chi connectivity index (χ3v) is 4.63. The quantitative estimate of drug-likeness (QED) is 0.780. The van der Waals surface area contributed by atoms with Gasteiger partial charge in [-0.15, -0.1) is 0 Å². The maximum Gasteiger partial charge on any atom is 0.232 e. The highest BCUT2D eigenvalue weighted by molar-refractivity contribution is 8.13. The fourth-order valence-electron chi connectivity index (χ4n) is 2.54. The molecule has 0 radical (unpaired) electrons. The van der Waals surface area contributed by atoms with E-state index < -0.39 is 9.05 Å². The van der Waals surface area contributed by atoms with Gasteiger partial charge in [0.1, 0.15) is 0 Å². The molecule has 0 N–H and O–H groups in total. The van der Waals surface area contributed by atoms with Gasteiger partial charge in [-0.05, 0) is 13.8 Å². The highest BCUT2D eigenvalue weighted by Crippen LogP contribution is 2.31. The highest BCUT2D eigenvalue weighted by atomic mass is 35.7. The smallest absolute Gasteiger partial charge is 0.232 e. The van der Waals surface area contributed by atoms with Crippen LogP contribution in [-0.2, 0) is 20.9 Å². The molecule has 0 spiro atoms. The van der Waals surface area contributed by atoms with Crippen molar-refractivity contribution in [3.8, 4) is 0 Å². The molecule has 2 rings (SSSR count). The molecule has 1 aromatic rings. The number of hydrogen-bond donors (Lipinski definition) is 0. The van der Waals surface area contributed by atoms with Crippen LogP contribution in [0.15, 0.2) is 0 Å². The molecule has 6 nitrogen and oxygen atoms in total. The van der Waals surface area contributed by atoms with Crippen LogP contribution in [0.3, 0.4) is 0 Å². The first-order valence-electron chi connectivity index (χ1n) is 5.92. The fourth-order valence-corrected chi connectivity index (χ4v) is 3.86. The molecule has 0 saturated carbocycles. The molecule has 1 atom stereocenters. The second kappa shape index (κ2) is 4.79. The highest BCUT2D eigenvalue weighted by Gasteiger charge is 2.35. The first-order chi connectivity index (χ1) is 8.69. The molecule has 19 heavy (non-hydrogen) atoms. The van der Waals surface area contributed by atoms with Crippen molar-refractivity contribution in [3.63, 3.8) is 0 Å². The predicted octanol–water partition coefficient (Wildman–Crippen LogP) is 0.958. The van der Waals surface area contributed by atoms with Crippen molar-refractivity contribution in [1.82, 2.24) is 9.78 Å². The van der Waals surface area contributed by atoms with Gasteiger partial charge >= 0.3 is 0 Å². The predicted molar refractivity (Wildman–Crippen MR) is 72.8 cm³/mol. The Bertz CT molecular complexity index is 623. The molecule has 2 heterocycles. The van der Waals surface area contributed by atoms with E-state index in [-0.39, 0.29) is 24.0 Å². The van der Waals surface area contributed by atoms with Crippen LogP contribution in [0.4, 0.5) is 5.69 Å². The number of aryl methyl sites for hydroxylation is 2. The third kappa shape index (κ3) is 2.92. The zero-order valence-corrected chi connectivity index (χ0v) is 12.6. The van der Waals surface area contributed by atoms with E-state index in [1.807, 2.05) is 20.9 Å². The Morgan fingerprint density at radius 3 is 2.53 bits per heavy atom. The minimum absolute atomic E-state index is 0.0792. The van der Waals surface area contributed by atoms with Crippen molar-refractivity contribution >= 4 is 31.3 Å². The van der Waals surface area contributed by atoms with Gasteiger partial charge in [0.25, 0.3) is 0 Å². The maximum atomic E-state index is 12.0. The van der Waals surface area contributed by atoms with Crippen molar-refractivity contribution in [2.45, 2.75) is 20.3 Å². The molecule has 1 aromatic heterocycles. The summed E-state index contributed by atoms with van der Waals surface area (Å²) in [5.41, 5.74) is 2.44. The molecule has 0 aromatic carbocycles. The summed E-state index contributed by atoms with van der Waals surface area (Å²) in [6.07, 6.45) is 0.208. The molecular formula is C11H16ClN3O3S. The lowest BCUT2D eigenvalue weighted by molar-refractivity contribution is -0.117. The van der Waals surface area contributed by atoms with Gasteiger partial charge in [-0.3, -0.25) is 9.48 Å². The normalized spacial score (nSPS) is 20.3. The number of carbonyl (C=O) groups excluding carboxylic acids is 1. The monoisotopic (exact) mass is 305 g/mol. The summed E-state index contributed by atoms with van der Waals surface area (Å²) in [6.45, 7) is 4.09. The summed E-state index contributed by atoms with van der Waals surface area (Å²) < 4.78 is 23.9. The third-order valence-electron chi connectivity index (χ3n) is 3.38. The van der Waals surface area contributed by atoms with Crippen LogP contribution in [0, 0.1) is 19.8 Å². The Balaban J connectivity index is 2.25. The first kappa shape index (κ1) is 14.3. The SMILES string of the molecule is Cc1nn(C)c(C)c1N1CC(CS(=O)(=O)Cl)CC1=O. The number of carbonyl (C=O) groups is 1. The Hall–Kier alpha value is -1.08. The van der Waals surface area contributed by atoms with Crippen molar-refractivity contribution in [3.05, 3.63) is 11.4 Å². The van der Waals surface area contributed by atoms with Crippen LogP contribution in [0.5, 0.6) is 0 Å². The van der Waals surface area contributed by atoms with Gasteiger partial charge in [0.2, 0.25) is 15.0 Å². The Kier molecular flexibility index (Phi) is 3.61. The second-order valence-electron chi connectivity index (χ2n) is 4.92. The Morgan fingerprint density at radius 1 is 1.42 bits per heavy atom. The summed E-state index contributed by atoms with van der Waals surface area (Å²) in [7, 11) is 3.48. The maximum absolute atomic E-state index is 12.0. The van der Waals surface area contributed by atoms with E-state index >= 15 is 0 Å². The molecule has 8 heteroatoms. The van der Waals surface area contributed by atoms with Gasteiger partial charge in [0, 0.05) is 36.6 Å². The van der Waals surface area contributed by atoms with Crippen LogP contribution in [0.1, 0.15) is 17.8 Å². The van der Waals surface area contributed by atoms with E-state index in [0.29, 0.717) is 6.54 Å². The van der Waals surface area contributed by atoms with Crippen LogP contribution in [0.25, 0.3) is 0 Å². The van der Waals surface area contributed by atoms with E-state index in [0.717, 1.165) is 17.1 Å². The van der Waals surface area contributed by atoms with Crippen LogP contribution >= 0.6 is 10.7 Å². The number of rotatable bonds is 3. The van der Waals surface area contributed by atoms with E-state index in [4.69, 9.17) is 10.7 Å². The number of halogens is 1. The van der Waals surface area contributed by atoms with Crippen LogP contribution in [0.2, 0.25) is 0 Å². The number of aromatic nitrogens is 2. The fraction of sp³-hybridized carbons (Fsp3) is 0.636. The van der Waals surface area contributed by atoms with Crippen molar-refractivity contribution < 1.29 is 13.2 Å². The molecule has 0 bridgehead atoms. The van der Waals surface area contributed by atoms with Gasteiger partial charge in [-0.2, -0.15) is 5.10 Å². The Morgan fingerprint density at radius 2 is 2.05 bits per heavy atom. The average molecular weight is 306 g/mol. The number of amides is 1. The minimum atomic E-state index is -3.58. The molecule has 0 aliphatic carbocycles. The van der Waals surface area contributed by atoms with E-state index in [2.05, 4.69) is 5.10 Å². The van der Waals surface area contributed by atoms with Crippen molar-refractivity contribution in [1.29, 1.82) is 0 Å². The summed E-state index contributed by atoms with van der Waals surface area (Å²) in [5, 5.41) is 4.27. The largest absolute Gasteiger partial charge is 0.309 e. The molecule has 1 aliphatic heterocycles. The summed E-state index contributed by atoms with van der Waals surface area (Å²) >= 11 is 0. The molecule has 1 fully saturated rings. The molecule has 106 valence electrons. The number of hydrogen-bond acceptors (Lipinski definition) is 4. The van der Waals surface area contributed by atoms with Gasteiger partial charge in [0.15, 0.2) is 0 Å². The molecule has 1 aliphatic rings. The molecule has 1 saturated heterocycles. The van der Waals surface area contributed by atoms with E-state index in [9.17, 15) is 13.2 Å². The first-order valence-corrected chi connectivity index (χ1v) is 8.40. The molecular weight excluding hydrogens is 290 g/mol. The standard InChI is InChI=1S/C11H16ClN3O3S/c1-7-11(8(2)14(3)13-7)15-5-9(4-10(15)16)6-19(12,17)18/h9H,4-6H2,1-3H3. The Labute approximate surface area is 116 Å². The van der Waals surface area contributed by atoms with Crippen LogP contribution in [-0.4, -0.2) is 36.4 Å². The summed E-state index contributed by atoms with van der Waals surface area (Å²) in [6, 6.07) is 0. The van der Waals surface area contributed by atoms with Crippen molar-refractivity contribution in [2.24, 2.45) is 13.0 Å². The average Bonchev–Trinajstić information content (AvgIpc) is 2.67. The van der Waals surface area contributed by atoms with Gasteiger partial charge in [0.05, 0.1) is 22.8 Å². The molecule has 1 amide bonds. The van der Waals surface area contributed by atoms with E-state index in [1.165, 1.54) is 0 Å². The van der Waals surface area contributed by atoms with E-state index in [1.54, 1.807) is 9.58 Å². The minimum Gasteiger partial charge on any atom is -0.309 e. The van der Waals surface area contributed by atoms with Crippen molar-refractivity contribution in [2.75, 3.05) is 17.2 Å². The second-order valence-corrected chi connectivity index (χ2v) is 7.74. The molecule has 1 unspecified atom stereocenters. The van der Waals surface area contributed by atoms with Gasteiger partial charge in [-0.1, -0.05) is 0 Å².